The van der Waals surface area contributed by atoms with Crippen LogP contribution in [0.15, 0.2) is 35.4 Å². The summed E-state index contributed by atoms with van der Waals surface area (Å²) in [4.78, 5) is 11.8. The van der Waals surface area contributed by atoms with Crippen molar-refractivity contribution in [3.8, 4) is 0 Å². The summed E-state index contributed by atoms with van der Waals surface area (Å²) in [6, 6.07) is 10.2. The van der Waals surface area contributed by atoms with Crippen molar-refractivity contribution in [1.29, 1.82) is 0 Å². The molecule has 1 fully saturated rings. The highest BCUT2D eigenvalue weighted by atomic mass is 16.2. The number of hydrogen-bond acceptors (Lipinski definition) is 2. The molecule has 1 N–H and O–H groups in total. The molecule has 17 heavy (non-hydrogen) atoms. The molecular formula is C14H18N2O. The van der Waals surface area contributed by atoms with Crippen LogP contribution in [0.3, 0.4) is 0 Å². The fraction of sp³-hybridized carbons (Fsp3) is 0.429. The van der Waals surface area contributed by atoms with Crippen LogP contribution >= 0.6 is 0 Å². The van der Waals surface area contributed by atoms with Gasteiger partial charge in [0.25, 0.3) is 0 Å². The zero-order valence-electron chi connectivity index (χ0n) is 10.3. The van der Waals surface area contributed by atoms with Gasteiger partial charge in [-0.25, -0.2) is 5.43 Å². The SMILES string of the molecule is CC/C(C)=N/NC(=O)C1CC1c1ccccc1. The zero-order chi connectivity index (χ0) is 12.3. The summed E-state index contributed by atoms with van der Waals surface area (Å²) < 4.78 is 0. The predicted octanol–water partition coefficient (Wildman–Crippen LogP) is 2.69. The van der Waals surface area contributed by atoms with E-state index in [2.05, 4.69) is 22.7 Å². The van der Waals surface area contributed by atoms with Crippen LogP contribution in [0, 0.1) is 5.92 Å². The topological polar surface area (TPSA) is 41.5 Å². The van der Waals surface area contributed by atoms with Crippen LogP contribution in [0.5, 0.6) is 0 Å². The Hall–Kier alpha value is -1.64. The van der Waals surface area contributed by atoms with E-state index in [1.54, 1.807) is 0 Å². The van der Waals surface area contributed by atoms with Gasteiger partial charge in [-0.05, 0) is 31.2 Å². The summed E-state index contributed by atoms with van der Waals surface area (Å²) >= 11 is 0. The van der Waals surface area contributed by atoms with E-state index < -0.39 is 0 Å². The van der Waals surface area contributed by atoms with Gasteiger partial charge in [0.15, 0.2) is 0 Å². The van der Waals surface area contributed by atoms with Gasteiger partial charge in [-0.2, -0.15) is 5.10 Å². The molecule has 0 heterocycles. The molecule has 2 unspecified atom stereocenters. The molecule has 2 atom stereocenters. The van der Waals surface area contributed by atoms with Crippen LogP contribution in [0.2, 0.25) is 0 Å². The van der Waals surface area contributed by atoms with E-state index in [9.17, 15) is 4.79 Å². The maximum absolute atomic E-state index is 11.8. The van der Waals surface area contributed by atoms with E-state index in [0.717, 1.165) is 18.6 Å². The van der Waals surface area contributed by atoms with Gasteiger partial charge in [0, 0.05) is 11.6 Å². The lowest BCUT2D eigenvalue weighted by atomic mass is 10.1. The summed E-state index contributed by atoms with van der Waals surface area (Å²) in [5.74, 6) is 0.533. The van der Waals surface area contributed by atoms with Crippen molar-refractivity contribution < 1.29 is 4.79 Å². The third-order valence-electron chi connectivity index (χ3n) is 3.22. The van der Waals surface area contributed by atoms with Gasteiger partial charge >= 0.3 is 0 Å². The Bertz CT molecular complexity index is 425. The molecule has 0 aliphatic heterocycles. The monoisotopic (exact) mass is 230 g/mol. The second-order valence-electron chi connectivity index (χ2n) is 4.54. The van der Waals surface area contributed by atoms with Gasteiger partial charge in [-0.3, -0.25) is 4.79 Å². The number of hydrazone groups is 1. The summed E-state index contributed by atoms with van der Waals surface area (Å²) in [5.41, 5.74) is 4.85. The summed E-state index contributed by atoms with van der Waals surface area (Å²) in [5, 5.41) is 4.05. The molecule has 2 rings (SSSR count). The van der Waals surface area contributed by atoms with E-state index in [4.69, 9.17) is 0 Å². The second kappa shape index (κ2) is 5.13. The molecule has 0 saturated heterocycles. The van der Waals surface area contributed by atoms with Gasteiger partial charge in [0.05, 0.1) is 0 Å². The first-order valence-corrected chi connectivity index (χ1v) is 6.10. The van der Waals surface area contributed by atoms with Gasteiger partial charge < -0.3 is 0 Å². The number of hydrogen-bond donors (Lipinski definition) is 1. The standard InChI is InChI=1S/C14H18N2O/c1-3-10(2)15-16-14(17)13-9-12(13)11-7-5-4-6-8-11/h4-8,12-13H,3,9H2,1-2H3,(H,16,17)/b15-10+. The minimum absolute atomic E-state index is 0.0478. The molecule has 0 bridgehead atoms. The molecule has 1 amide bonds. The number of benzene rings is 1. The van der Waals surface area contributed by atoms with Gasteiger partial charge in [0.1, 0.15) is 0 Å². The number of amides is 1. The molecule has 1 aromatic rings. The maximum atomic E-state index is 11.8. The van der Waals surface area contributed by atoms with Gasteiger partial charge in [0.2, 0.25) is 5.91 Å². The molecule has 90 valence electrons. The number of nitrogens with one attached hydrogen (secondary N) is 1. The van der Waals surface area contributed by atoms with E-state index >= 15 is 0 Å². The minimum Gasteiger partial charge on any atom is -0.273 e. The highest BCUT2D eigenvalue weighted by Crippen LogP contribution is 2.47. The summed E-state index contributed by atoms with van der Waals surface area (Å²) in [6.07, 6.45) is 1.81. The molecule has 1 saturated carbocycles. The molecule has 1 aliphatic carbocycles. The highest BCUT2D eigenvalue weighted by Gasteiger charge is 2.43. The molecule has 3 nitrogen and oxygen atoms in total. The molecular weight excluding hydrogens is 212 g/mol. The largest absolute Gasteiger partial charge is 0.273 e. The van der Waals surface area contributed by atoms with Crippen LogP contribution in [0.25, 0.3) is 0 Å². The van der Waals surface area contributed by atoms with Crippen molar-refractivity contribution in [2.24, 2.45) is 11.0 Å². The number of carbonyl (C=O) groups excluding carboxylic acids is 1. The quantitative estimate of drug-likeness (QED) is 0.627. The fourth-order valence-electron chi connectivity index (χ4n) is 1.87. The molecule has 0 radical (unpaired) electrons. The number of nitrogens with zero attached hydrogens (tertiary/aromatic N) is 1. The van der Waals surface area contributed by atoms with Gasteiger partial charge in [-0.15, -0.1) is 0 Å². The lowest BCUT2D eigenvalue weighted by Gasteiger charge is -2.01. The second-order valence-corrected chi connectivity index (χ2v) is 4.54. The van der Waals surface area contributed by atoms with E-state index in [1.165, 1.54) is 5.56 Å². The average molecular weight is 230 g/mol. The average Bonchev–Trinajstić information content (AvgIpc) is 3.17. The van der Waals surface area contributed by atoms with Crippen LogP contribution < -0.4 is 5.43 Å². The fourth-order valence-corrected chi connectivity index (χ4v) is 1.87. The normalized spacial score (nSPS) is 23.3. The lowest BCUT2D eigenvalue weighted by molar-refractivity contribution is -0.122. The van der Waals surface area contributed by atoms with E-state index in [-0.39, 0.29) is 11.8 Å². The molecule has 1 aliphatic rings. The molecule has 0 aromatic heterocycles. The Morgan fingerprint density at radius 3 is 2.76 bits per heavy atom. The minimum atomic E-state index is 0.0478. The van der Waals surface area contributed by atoms with Gasteiger partial charge in [-0.1, -0.05) is 37.3 Å². The van der Waals surface area contributed by atoms with E-state index in [1.807, 2.05) is 32.0 Å². The third kappa shape index (κ3) is 2.93. The first-order valence-electron chi connectivity index (χ1n) is 6.10. The number of carbonyl (C=O) groups is 1. The van der Waals surface area contributed by atoms with Crippen LogP contribution in [-0.2, 0) is 4.79 Å². The van der Waals surface area contributed by atoms with Crippen LogP contribution in [0.1, 0.15) is 38.2 Å². The Morgan fingerprint density at radius 2 is 2.12 bits per heavy atom. The lowest BCUT2D eigenvalue weighted by Crippen LogP contribution is -2.21. The predicted molar refractivity (Wildman–Crippen MR) is 68.8 cm³/mol. The number of rotatable bonds is 4. The molecule has 1 aromatic carbocycles. The summed E-state index contributed by atoms with van der Waals surface area (Å²) in [6.45, 7) is 3.94. The Morgan fingerprint density at radius 1 is 1.41 bits per heavy atom. The van der Waals surface area contributed by atoms with E-state index in [0.29, 0.717) is 5.92 Å². The van der Waals surface area contributed by atoms with Crippen molar-refractivity contribution in [3.05, 3.63) is 35.9 Å². The smallest absolute Gasteiger partial charge is 0.243 e. The Kier molecular flexibility index (Phi) is 3.57. The summed E-state index contributed by atoms with van der Waals surface area (Å²) in [7, 11) is 0. The van der Waals surface area contributed by atoms with Crippen molar-refractivity contribution in [1.82, 2.24) is 5.43 Å². The van der Waals surface area contributed by atoms with Crippen molar-refractivity contribution in [2.45, 2.75) is 32.6 Å². The molecule has 0 spiro atoms. The maximum Gasteiger partial charge on any atom is 0.243 e. The highest BCUT2D eigenvalue weighted by molar-refractivity contribution is 5.86. The van der Waals surface area contributed by atoms with Crippen molar-refractivity contribution >= 4 is 11.6 Å². The first-order chi connectivity index (χ1) is 8.22. The zero-order valence-corrected chi connectivity index (χ0v) is 10.3. The van der Waals surface area contributed by atoms with Crippen molar-refractivity contribution in [3.63, 3.8) is 0 Å². The van der Waals surface area contributed by atoms with Crippen molar-refractivity contribution in [2.75, 3.05) is 0 Å². The Labute approximate surface area is 102 Å². The van der Waals surface area contributed by atoms with Crippen LogP contribution in [0.4, 0.5) is 0 Å². The Balaban J connectivity index is 1.89. The van der Waals surface area contributed by atoms with Crippen LogP contribution in [-0.4, -0.2) is 11.6 Å². The molecule has 3 heteroatoms. The first kappa shape index (κ1) is 11.8. The third-order valence-corrected chi connectivity index (χ3v) is 3.22.